The average molecular weight is 398 g/mol. The van der Waals surface area contributed by atoms with Crippen molar-refractivity contribution in [2.24, 2.45) is 5.92 Å². The number of nitrogens with zero attached hydrogens (tertiary/aromatic N) is 3. The van der Waals surface area contributed by atoms with Crippen molar-refractivity contribution in [1.29, 1.82) is 10.5 Å². The molecule has 142 valence electrons. The third kappa shape index (κ3) is 4.90. The molecule has 0 radical (unpaired) electrons. The van der Waals surface area contributed by atoms with Crippen molar-refractivity contribution >= 4 is 17.5 Å². The number of Topliss-reactive ketones (excluding diaryl/α,β-unsaturated/α-hetero) is 1. The number of aromatic nitrogens is 1. The van der Waals surface area contributed by atoms with Crippen LogP contribution < -0.4 is 0 Å². The summed E-state index contributed by atoms with van der Waals surface area (Å²) in [6.45, 7) is 2.00. The Morgan fingerprint density at radius 3 is 2.24 bits per heavy atom. The highest BCUT2D eigenvalue weighted by atomic mass is 32.2. The number of aryl methyl sites for hydroxylation is 1. The molecule has 0 spiro atoms. The van der Waals surface area contributed by atoms with Crippen molar-refractivity contribution in [1.82, 2.24) is 4.98 Å². The van der Waals surface area contributed by atoms with Gasteiger partial charge in [-0.25, -0.2) is 0 Å². The van der Waals surface area contributed by atoms with E-state index in [2.05, 4.69) is 17.1 Å². The average Bonchev–Trinajstić information content (AvgIpc) is 2.78. The van der Waals surface area contributed by atoms with E-state index in [1.807, 2.05) is 55.5 Å². The van der Waals surface area contributed by atoms with E-state index >= 15 is 0 Å². The zero-order valence-electron chi connectivity index (χ0n) is 15.9. The number of benzene rings is 2. The largest absolute Gasteiger partial charge is 0.293 e. The Balaban J connectivity index is 2.10. The molecular weight excluding hydrogens is 378 g/mol. The number of hydrogen-bond acceptors (Lipinski definition) is 5. The smallest absolute Gasteiger partial charge is 0.176 e. The molecule has 0 aliphatic heterocycles. The molecule has 0 bridgehead atoms. The third-order valence-corrected chi connectivity index (χ3v) is 5.94. The van der Waals surface area contributed by atoms with Crippen LogP contribution in [0.25, 0.3) is 0 Å². The molecule has 0 unspecified atom stereocenters. The first-order valence-electron chi connectivity index (χ1n) is 9.15. The van der Waals surface area contributed by atoms with Gasteiger partial charge < -0.3 is 0 Å². The summed E-state index contributed by atoms with van der Waals surface area (Å²) in [5.74, 6) is -1.70. The van der Waals surface area contributed by atoms with Gasteiger partial charge in [-0.15, -0.1) is 11.8 Å². The molecule has 2 aromatic carbocycles. The summed E-state index contributed by atoms with van der Waals surface area (Å²) >= 11 is 1.38. The second-order valence-corrected chi connectivity index (χ2v) is 7.84. The highest BCUT2D eigenvalue weighted by Crippen LogP contribution is 2.40. The third-order valence-electron chi connectivity index (χ3n) is 4.63. The molecular formula is C24H19N3OS. The maximum atomic E-state index is 13.5. The standard InChI is InChI=1S/C24H19N3OS/c1-17-9-11-21(12-10-17)29-24(23(28)18-6-3-2-4-7-18)22(20(14-25)15-26)19-8-5-13-27-16-19/h2-13,16,20,22,24H,1H3/t22-,24-/m1/s1. The van der Waals surface area contributed by atoms with Gasteiger partial charge in [-0.1, -0.05) is 54.1 Å². The number of carbonyl (C=O) groups is 1. The molecule has 1 aromatic heterocycles. The SMILES string of the molecule is Cc1ccc(S[C@@H](C(=O)c2ccccc2)[C@H](c2cccnc2)C(C#N)C#N)cc1. The summed E-state index contributed by atoms with van der Waals surface area (Å²) in [6.07, 6.45) is 3.27. The molecule has 3 rings (SSSR count). The van der Waals surface area contributed by atoms with Crippen molar-refractivity contribution in [3.05, 3.63) is 95.8 Å². The molecule has 0 aliphatic carbocycles. The molecule has 0 fully saturated rings. The number of pyridine rings is 1. The van der Waals surface area contributed by atoms with Gasteiger partial charge in [0.05, 0.1) is 17.4 Å². The second-order valence-electron chi connectivity index (χ2n) is 6.63. The summed E-state index contributed by atoms with van der Waals surface area (Å²) in [6, 6.07) is 24.6. The van der Waals surface area contributed by atoms with Crippen molar-refractivity contribution in [3.63, 3.8) is 0 Å². The number of rotatable bonds is 7. The highest BCUT2D eigenvalue weighted by molar-refractivity contribution is 8.00. The molecule has 29 heavy (non-hydrogen) atoms. The first-order valence-corrected chi connectivity index (χ1v) is 10.0. The Kier molecular flexibility index (Phi) is 6.79. The van der Waals surface area contributed by atoms with Gasteiger partial charge in [0, 0.05) is 28.8 Å². The van der Waals surface area contributed by atoms with Crippen molar-refractivity contribution in [2.45, 2.75) is 23.0 Å². The first-order chi connectivity index (χ1) is 14.1. The van der Waals surface area contributed by atoms with Crippen LogP contribution in [-0.2, 0) is 0 Å². The van der Waals surface area contributed by atoms with Crippen LogP contribution in [0.15, 0.2) is 84.0 Å². The van der Waals surface area contributed by atoms with E-state index in [4.69, 9.17) is 0 Å². The molecule has 4 nitrogen and oxygen atoms in total. The monoisotopic (exact) mass is 397 g/mol. The van der Waals surface area contributed by atoms with Crippen molar-refractivity contribution in [2.75, 3.05) is 0 Å². The summed E-state index contributed by atoms with van der Waals surface area (Å²) in [5.41, 5.74) is 2.38. The van der Waals surface area contributed by atoms with Crippen LogP contribution in [-0.4, -0.2) is 16.0 Å². The van der Waals surface area contributed by atoms with Gasteiger partial charge in [0.25, 0.3) is 0 Å². The lowest BCUT2D eigenvalue weighted by molar-refractivity contribution is 0.0978. The molecule has 0 saturated heterocycles. The van der Waals surface area contributed by atoms with Crippen molar-refractivity contribution in [3.8, 4) is 12.1 Å². The summed E-state index contributed by atoms with van der Waals surface area (Å²) in [4.78, 5) is 18.6. The van der Waals surface area contributed by atoms with E-state index in [0.717, 1.165) is 10.5 Å². The minimum Gasteiger partial charge on any atom is -0.293 e. The van der Waals surface area contributed by atoms with Crippen LogP contribution in [0.1, 0.15) is 27.4 Å². The molecule has 3 aromatic rings. The Bertz CT molecular complexity index is 1020. The Morgan fingerprint density at radius 1 is 0.966 bits per heavy atom. The van der Waals surface area contributed by atoms with E-state index in [-0.39, 0.29) is 5.78 Å². The van der Waals surface area contributed by atoms with Crippen LogP contribution in [0, 0.1) is 35.5 Å². The number of nitriles is 2. The predicted octanol–water partition coefficient (Wildman–Crippen LogP) is 5.18. The van der Waals surface area contributed by atoms with Gasteiger partial charge in [-0.3, -0.25) is 9.78 Å². The lowest BCUT2D eigenvalue weighted by Crippen LogP contribution is -2.30. The van der Waals surface area contributed by atoms with Gasteiger partial charge in [-0.2, -0.15) is 10.5 Å². The summed E-state index contributed by atoms with van der Waals surface area (Å²) in [7, 11) is 0. The van der Waals surface area contributed by atoms with E-state index < -0.39 is 17.1 Å². The maximum Gasteiger partial charge on any atom is 0.176 e. The summed E-state index contributed by atoms with van der Waals surface area (Å²) in [5, 5.41) is 18.7. The quantitative estimate of drug-likeness (QED) is 0.405. The highest BCUT2D eigenvalue weighted by Gasteiger charge is 2.37. The lowest BCUT2D eigenvalue weighted by Gasteiger charge is -2.27. The van der Waals surface area contributed by atoms with Gasteiger partial charge in [0.2, 0.25) is 0 Å². The number of hydrogen-bond donors (Lipinski definition) is 0. The molecule has 0 aliphatic rings. The maximum absolute atomic E-state index is 13.5. The Labute approximate surface area is 174 Å². The molecule has 0 amide bonds. The fourth-order valence-electron chi connectivity index (χ4n) is 3.12. The molecule has 1 heterocycles. The fraction of sp³-hybridized carbons (Fsp3) is 0.167. The zero-order chi connectivity index (χ0) is 20.6. The van der Waals surface area contributed by atoms with Gasteiger partial charge in [0.15, 0.2) is 5.78 Å². The Hall–Kier alpha value is -3.41. The Morgan fingerprint density at radius 2 is 1.66 bits per heavy atom. The van der Waals surface area contributed by atoms with E-state index in [9.17, 15) is 15.3 Å². The second kappa shape index (κ2) is 9.68. The lowest BCUT2D eigenvalue weighted by atomic mass is 9.83. The van der Waals surface area contributed by atoms with Gasteiger partial charge in [-0.05, 0) is 30.7 Å². The molecule has 2 atom stereocenters. The van der Waals surface area contributed by atoms with Gasteiger partial charge >= 0.3 is 0 Å². The number of thioether (sulfide) groups is 1. The summed E-state index contributed by atoms with van der Waals surface area (Å²) < 4.78 is 0. The van der Waals surface area contributed by atoms with Crippen LogP contribution in [0.3, 0.4) is 0 Å². The molecule has 5 heteroatoms. The zero-order valence-corrected chi connectivity index (χ0v) is 16.7. The number of ketones is 1. The van der Waals surface area contributed by atoms with E-state index in [1.165, 1.54) is 11.8 Å². The molecule has 0 N–H and O–H groups in total. The van der Waals surface area contributed by atoms with Crippen LogP contribution >= 0.6 is 11.8 Å². The van der Waals surface area contributed by atoms with Crippen LogP contribution in [0.4, 0.5) is 0 Å². The normalized spacial score (nSPS) is 12.6. The predicted molar refractivity (Wildman–Crippen MR) is 113 cm³/mol. The number of carbonyl (C=O) groups excluding carboxylic acids is 1. The fourth-order valence-corrected chi connectivity index (χ4v) is 4.42. The van der Waals surface area contributed by atoms with Crippen LogP contribution in [0.5, 0.6) is 0 Å². The minimum absolute atomic E-state index is 0.111. The topological polar surface area (TPSA) is 77.5 Å². The van der Waals surface area contributed by atoms with E-state index in [0.29, 0.717) is 11.1 Å². The van der Waals surface area contributed by atoms with E-state index in [1.54, 1.807) is 30.6 Å². The molecule has 0 saturated carbocycles. The van der Waals surface area contributed by atoms with Crippen molar-refractivity contribution < 1.29 is 4.79 Å². The minimum atomic E-state index is -0.977. The first kappa shape index (κ1) is 20.3. The van der Waals surface area contributed by atoms with Crippen LogP contribution in [0.2, 0.25) is 0 Å². The van der Waals surface area contributed by atoms with Gasteiger partial charge in [0.1, 0.15) is 5.92 Å².